The van der Waals surface area contributed by atoms with Crippen molar-refractivity contribution in [3.63, 3.8) is 0 Å². The lowest BCUT2D eigenvalue weighted by molar-refractivity contribution is -0.137. The van der Waals surface area contributed by atoms with Crippen molar-refractivity contribution in [1.29, 1.82) is 0 Å². The van der Waals surface area contributed by atoms with Crippen LogP contribution in [0.25, 0.3) is 6.08 Å². The molecule has 3 aliphatic carbocycles. The van der Waals surface area contributed by atoms with E-state index in [1.165, 1.54) is 17.2 Å². The lowest BCUT2D eigenvalue weighted by Gasteiger charge is -2.52. The molecule has 2 N–H and O–H groups in total. The number of aliphatic hydroxyl groups is 1. The molecule has 5 rings (SSSR count). The Kier molecular flexibility index (Phi) is 4.97. The molecule has 0 saturated heterocycles. The normalized spacial score (nSPS) is 34.2. The van der Waals surface area contributed by atoms with Gasteiger partial charge in [-0.05, 0) is 97.2 Å². The van der Waals surface area contributed by atoms with Crippen molar-refractivity contribution >= 4 is 6.08 Å². The highest BCUT2D eigenvalue weighted by atomic mass is 19.4. The van der Waals surface area contributed by atoms with E-state index in [2.05, 4.69) is 13.0 Å². The molecule has 2 aromatic carbocycles. The molecule has 0 aliphatic heterocycles. The number of rotatable bonds is 2. The molecule has 5 heteroatoms. The van der Waals surface area contributed by atoms with Crippen molar-refractivity contribution in [2.45, 2.75) is 63.1 Å². The summed E-state index contributed by atoms with van der Waals surface area (Å²) in [7, 11) is 0. The number of hydrogen-bond donors (Lipinski definition) is 2. The van der Waals surface area contributed by atoms with Crippen LogP contribution in [0.3, 0.4) is 0 Å². The van der Waals surface area contributed by atoms with Crippen LogP contribution < -0.4 is 0 Å². The number of phenols is 1. The fourth-order valence-corrected chi connectivity index (χ4v) is 6.95. The Morgan fingerprint density at radius 2 is 1.84 bits per heavy atom. The van der Waals surface area contributed by atoms with E-state index >= 15 is 0 Å². The van der Waals surface area contributed by atoms with Crippen LogP contribution in [0.5, 0.6) is 5.75 Å². The second-order valence-electron chi connectivity index (χ2n) is 10.2. The van der Waals surface area contributed by atoms with E-state index in [0.29, 0.717) is 35.5 Å². The third-order valence-corrected chi connectivity index (χ3v) is 8.69. The van der Waals surface area contributed by atoms with Gasteiger partial charge in [-0.2, -0.15) is 13.2 Å². The molecule has 2 fully saturated rings. The van der Waals surface area contributed by atoms with Gasteiger partial charge in [-0.3, -0.25) is 0 Å². The van der Waals surface area contributed by atoms with Crippen molar-refractivity contribution in [3.05, 3.63) is 70.8 Å². The lowest BCUT2D eigenvalue weighted by atomic mass is 9.53. The van der Waals surface area contributed by atoms with Gasteiger partial charge in [0.25, 0.3) is 0 Å². The second kappa shape index (κ2) is 7.38. The van der Waals surface area contributed by atoms with Crippen LogP contribution in [0, 0.1) is 17.3 Å². The predicted molar refractivity (Wildman–Crippen MR) is 118 cm³/mol. The maximum Gasteiger partial charge on any atom is 0.416 e. The van der Waals surface area contributed by atoms with Crippen LogP contribution in [0.1, 0.15) is 67.2 Å². The maximum absolute atomic E-state index is 13.1. The number of halogens is 3. The Hall–Kier alpha value is -2.27. The first kappa shape index (κ1) is 21.6. The summed E-state index contributed by atoms with van der Waals surface area (Å²) < 4.78 is 39.2. The van der Waals surface area contributed by atoms with Gasteiger partial charge in [0.05, 0.1) is 11.2 Å². The Balaban J connectivity index is 1.41. The fourth-order valence-electron chi connectivity index (χ4n) is 6.95. The third-order valence-electron chi connectivity index (χ3n) is 8.69. The van der Waals surface area contributed by atoms with E-state index in [0.717, 1.165) is 44.2 Å². The van der Waals surface area contributed by atoms with Crippen molar-refractivity contribution < 1.29 is 23.4 Å². The van der Waals surface area contributed by atoms with Crippen LogP contribution in [-0.4, -0.2) is 15.8 Å². The minimum Gasteiger partial charge on any atom is -0.508 e. The standard InChI is InChI=1S/C27H29F3O2/c1-25-12-10-22-21-8-6-20(31)16-18(21)5-7-23(22)24(25)11-14-26(25,32)13-9-17-3-2-4-19(15-17)27(28,29)30/h2-4,6,8-9,13,15-16,22-24,31-32H,5,7,10-12,14H2,1H3/t22-,23-,24+,25+,26-/m1/s1. The Labute approximate surface area is 186 Å². The number of aromatic hydroxyl groups is 1. The van der Waals surface area contributed by atoms with E-state index < -0.39 is 17.3 Å². The van der Waals surface area contributed by atoms with Crippen molar-refractivity contribution in [1.82, 2.24) is 0 Å². The van der Waals surface area contributed by atoms with Gasteiger partial charge in [-0.15, -0.1) is 0 Å². The molecule has 2 aromatic rings. The smallest absolute Gasteiger partial charge is 0.416 e. The summed E-state index contributed by atoms with van der Waals surface area (Å²) in [5.41, 5.74) is 1.06. The number of fused-ring (bicyclic) bond motifs is 5. The molecule has 0 spiro atoms. The minimum atomic E-state index is -4.38. The first-order valence-electron chi connectivity index (χ1n) is 11.5. The summed E-state index contributed by atoms with van der Waals surface area (Å²) >= 11 is 0. The van der Waals surface area contributed by atoms with Gasteiger partial charge in [0, 0.05) is 5.41 Å². The van der Waals surface area contributed by atoms with Gasteiger partial charge in [0.1, 0.15) is 5.75 Å². The second-order valence-corrected chi connectivity index (χ2v) is 10.2. The largest absolute Gasteiger partial charge is 0.508 e. The SMILES string of the molecule is C[C@]12CC[C@@H]3c4ccc(O)cc4CC[C@H]3[C@@H]1CC[C@]2(O)C=Cc1cccc(C(F)(F)F)c1. The quantitative estimate of drug-likeness (QED) is 0.543. The van der Waals surface area contributed by atoms with Gasteiger partial charge in [-0.25, -0.2) is 0 Å². The van der Waals surface area contributed by atoms with Crippen LogP contribution in [-0.2, 0) is 12.6 Å². The molecule has 170 valence electrons. The van der Waals surface area contributed by atoms with Gasteiger partial charge in [-0.1, -0.05) is 37.3 Å². The molecule has 0 bridgehead atoms. The molecule has 2 saturated carbocycles. The molecule has 2 nitrogen and oxygen atoms in total. The Bertz CT molecular complexity index is 1060. The molecule has 3 aliphatic rings. The van der Waals surface area contributed by atoms with Crippen molar-refractivity contribution in [3.8, 4) is 5.75 Å². The minimum absolute atomic E-state index is 0.291. The average molecular weight is 443 g/mol. The van der Waals surface area contributed by atoms with Crippen molar-refractivity contribution in [2.24, 2.45) is 17.3 Å². The summed E-state index contributed by atoms with van der Waals surface area (Å²) in [5, 5.41) is 21.6. The van der Waals surface area contributed by atoms with Crippen LogP contribution >= 0.6 is 0 Å². The number of phenolic OH excluding ortho intramolecular Hbond substituents is 1. The molecule has 0 heterocycles. The zero-order chi connectivity index (χ0) is 22.7. The summed E-state index contributed by atoms with van der Waals surface area (Å²) in [6.07, 6.45) is 4.45. The number of hydrogen-bond acceptors (Lipinski definition) is 2. The molecular formula is C27H29F3O2. The highest BCUT2D eigenvalue weighted by Gasteiger charge is 2.60. The fraction of sp³-hybridized carbons (Fsp3) is 0.481. The lowest BCUT2D eigenvalue weighted by Crippen LogP contribution is -2.49. The van der Waals surface area contributed by atoms with Gasteiger partial charge in [0.15, 0.2) is 0 Å². The summed E-state index contributed by atoms with van der Waals surface area (Å²) in [6.45, 7) is 2.17. The van der Waals surface area contributed by atoms with E-state index in [1.807, 2.05) is 6.07 Å². The topological polar surface area (TPSA) is 40.5 Å². The molecule has 0 aromatic heterocycles. The molecule has 0 unspecified atom stereocenters. The summed E-state index contributed by atoms with van der Waals surface area (Å²) in [5.74, 6) is 1.63. The molecule has 5 atom stereocenters. The van der Waals surface area contributed by atoms with E-state index in [-0.39, 0.29) is 5.41 Å². The maximum atomic E-state index is 13.1. The summed E-state index contributed by atoms with van der Waals surface area (Å²) in [4.78, 5) is 0. The molecule has 0 radical (unpaired) electrons. The van der Waals surface area contributed by atoms with E-state index in [9.17, 15) is 23.4 Å². The zero-order valence-electron chi connectivity index (χ0n) is 18.2. The first-order chi connectivity index (χ1) is 15.1. The van der Waals surface area contributed by atoms with E-state index in [4.69, 9.17) is 0 Å². The third kappa shape index (κ3) is 3.37. The predicted octanol–water partition coefficient (Wildman–Crippen LogP) is 6.71. The van der Waals surface area contributed by atoms with Crippen LogP contribution in [0.15, 0.2) is 48.5 Å². The van der Waals surface area contributed by atoms with Crippen molar-refractivity contribution in [2.75, 3.05) is 0 Å². The highest BCUT2D eigenvalue weighted by Crippen LogP contribution is 2.64. The number of benzene rings is 2. The zero-order valence-corrected chi connectivity index (χ0v) is 18.2. The van der Waals surface area contributed by atoms with Crippen LogP contribution in [0.4, 0.5) is 13.2 Å². The monoisotopic (exact) mass is 442 g/mol. The van der Waals surface area contributed by atoms with Crippen LogP contribution in [0.2, 0.25) is 0 Å². The molecular weight excluding hydrogens is 413 g/mol. The Morgan fingerprint density at radius 1 is 1.03 bits per heavy atom. The number of alkyl halides is 3. The average Bonchev–Trinajstić information content (AvgIpc) is 3.03. The first-order valence-corrected chi connectivity index (χ1v) is 11.5. The molecule has 0 amide bonds. The van der Waals surface area contributed by atoms with E-state index in [1.54, 1.807) is 24.3 Å². The highest BCUT2D eigenvalue weighted by molar-refractivity contribution is 5.53. The van der Waals surface area contributed by atoms with Gasteiger partial charge in [0.2, 0.25) is 0 Å². The molecule has 32 heavy (non-hydrogen) atoms. The van der Waals surface area contributed by atoms with Gasteiger partial charge < -0.3 is 10.2 Å². The van der Waals surface area contributed by atoms with Gasteiger partial charge >= 0.3 is 6.18 Å². The summed E-state index contributed by atoms with van der Waals surface area (Å²) in [6, 6.07) is 11.0. The number of aryl methyl sites for hydroxylation is 1. The Morgan fingerprint density at radius 3 is 2.62 bits per heavy atom.